The molecule has 0 saturated carbocycles. The molecule has 4 aromatic rings. The lowest BCUT2D eigenvalue weighted by atomic mass is 10.1. The number of pyridine rings is 1. The van der Waals surface area contributed by atoms with E-state index in [9.17, 15) is 0 Å². The van der Waals surface area contributed by atoms with Crippen molar-refractivity contribution in [3.63, 3.8) is 0 Å². The number of benzene rings is 2. The summed E-state index contributed by atoms with van der Waals surface area (Å²) in [5, 5.41) is 4.72. The van der Waals surface area contributed by atoms with Gasteiger partial charge in [0, 0.05) is 24.3 Å². The minimum atomic E-state index is -0.0729. The number of aromatic nitrogens is 1. The van der Waals surface area contributed by atoms with Gasteiger partial charge in [-0.25, -0.2) is 0 Å². The van der Waals surface area contributed by atoms with Gasteiger partial charge in [-0.15, -0.1) is 0 Å². The highest BCUT2D eigenvalue weighted by Gasteiger charge is 2.18. The van der Waals surface area contributed by atoms with Gasteiger partial charge in [0.05, 0.1) is 20.3 Å². The lowest BCUT2D eigenvalue weighted by Crippen LogP contribution is -2.24. The zero-order valence-electron chi connectivity index (χ0n) is 16.6. The highest BCUT2D eigenvalue weighted by molar-refractivity contribution is 5.78. The van der Waals surface area contributed by atoms with Crippen LogP contribution in [0.5, 0.6) is 11.5 Å². The van der Waals surface area contributed by atoms with Crippen LogP contribution in [-0.2, 0) is 6.42 Å². The highest BCUT2D eigenvalue weighted by Crippen LogP contribution is 2.29. The van der Waals surface area contributed by atoms with Crippen molar-refractivity contribution in [3.8, 4) is 11.5 Å². The Bertz CT molecular complexity index is 1040. The molecule has 5 heteroatoms. The maximum atomic E-state index is 6.13. The third kappa shape index (κ3) is 4.25. The smallest absolute Gasteiger partial charge is 0.160 e. The molecular weight excluding hydrogens is 364 g/mol. The molecule has 29 heavy (non-hydrogen) atoms. The second kappa shape index (κ2) is 8.80. The second-order valence-electron chi connectivity index (χ2n) is 6.80. The maximum absolute atomic E-state index is 6.13. The molecule has 5 nitrogen and oxygen atoms in total. The van der Waals surface area contributed by atoms with E-state index in [-0.39, 0.29) is 6.04 Å². The fourth-order valence-corrected chi connectivity index (χ4v) is 3.47. The van der Waals surface area contributed by atoms with Gasteiger partial charge in [0.2, 0.25) is 0 Å². The number of methoxy groups -OCH3 is 2. The van der Waals surface area contributed by atoms with Crippen molar-refractivity contribution in [1.29, 1.82) is 0 Å². The molecule has 0 saturated heterocycles. The van der Waals surface area contributed by atoms with Gasteiger partial charge in [0.25, 0.3) is 0 Å². The predicted octanol–water partition coefficient (Wildman–Crippen LogP) is 4.77. The average Bonchev–Trinajstić information content (AvgIpc) is 3.21. The molecule has 2 aromatic heterocycles. The fourth-order valence-electron chi connectivity index (χ4n) is 3.47. The number of hydrogen-bond acceptors (Lipinski definition) is 5. The molecule has 0 radical (unpaired) electrons. The van der Waals surface area contributed by atoms with Crippen LogP contribution in [0.15, 0.2) is 77.5 Å². The molecule has 0 aliphatic rings. The number of rotatable bonds is 8. The summed E-state index contributed by atoms with van der Waals surface area (Å²) in [4.78, 5) is 4.28. The van der Waals surface area contributed by atoms with Crippen molar-refractivity contribution < 1.29 is 13.9 Å². The Kier molecular flexibility index (Phi) is 5.77. The van der Waals surface area contributed by atoms with Crippen LogP contribution in [0.25, 0.3) is 11.0 Å². The molecule has 4 rings (SSSR count). The summed E-state index contributed by atoms with van der Waals surface area (Å²) in [6, 6.07) is 20.1. The van der Waals surface area contributed by atoms with Gasteiger partial charge in [-0.05, 0) is 47.9 Å². The van der Waals surface area contributed by atoms with Crippen molar-refractivity contribution in [2.24, 2.45) is 0 Å². The number of nitrogens with one attached hydrogen (secondary N) is 1. The van der Waals surface area contributed by atoms with Gasteiger partial charge in [-0.1, -0.05) is 30.3 Å². The molecule has 1 atom stereocenters. The van der Waals surface area contributed by atoms with Crippen molar-refractivity contribution in [3.05, 3.63) is 89.9 Å². The molecule has 1 N–H and O–H groups in total. The van der Waals surface area contributed by atoms with Crippen molar-refractivity contribution in [2.45, 2.75) is 12.5 Å². The molecule has 0 fully saturated rings. The summed E-state index contributed by atoms with van der Waals surface area (Å²) in [7, 11) is 3.30. The Hall–Kier alpha value is -3.31. The highest BCUT2D eigenvalue weighted by atomic mass is 16.5. The predicted molar refractivity (Wildman–Crippen MR) is 114 cm³/mol. The minimum absolute atomic E-state index is 0.0729. The molecular formula is C24H24N2O3. The Morgan fingerprint density at radius 3 is 2.59 bits per heavy atom. The van der Waals surface area contributed by atoms with Crippen molar-refractivity contribution >= 4 is 11.0 Å². The summed E-state index contributed by atoms with van der Waals surface area (Å²) in [6.45, 7) is 0.770. The molecule has 0 unspecified atom stereocenters. The van der Waals surface area contributed by atoms with Crippen LogP contribution in [0.3, 0.4) is 0 Å². The van der Waals surface area contributed by atoms with Crippen LogP contribution >= 0.6 is 0 Å². The normalized spacial score (nSPS) is 12.1. The maximum Gasteiger partial charge on any atom is 0.160 e. The molecule has 148 valence electrons. The Labute approximate surface area is 170 Å². The van der Waals surface area contributed by atoms with E-state index in [0.29, 0.717) is 0 Å². The van der Waals surface area contributed by atoms with E-state index >= 15 is 0 Å². The quantitative estimate of drug-likeness (QED) is 0.471. The molecule has 2 heterocycles. The number of nitrogens with zero attached hydrogens (tertiary/aromatic N) is 1. The molecule has 0 aliphatic heterocycles. The lowest BCUT2D eigenvalue weighted by molar-refractivity contribution is 0.354. The van der Waals surface area contributed by atoms with Gasteiger partial charge in [-0.2, -0.15) is 0 Å². The van der Waals surface area contributed by atoms with Crippen LogP contribution in [0.1, 0.15) is 22.9 Å². The van der Waals surface area contributed by atoms with E-state index in [1.165, 1.54) is 5.56 Å². The van der Waals surface area contributed by atoms with Crippen LogP contribution in [0.2, 0.25) is 0 Å². The van der Waals surface area contributed by atoms with Gasteiger partial charge in [-0.3, -0.25) is 4.98 Å². The third-order valence-corrected chi connectivity index (χ3v) is 4.96. The summed E-state index contributed by atoms with van der Waals surface area (Å²) in [6.07, 6.45) is 4.50. The largest absolute Gasteiger partial charge is 0.493 e. The van der Waals surface area contributed by atoms with E-state index in [0.717, 1.165) is 46.8 Å². The summed E-state index contributed by atoms with van der Waals surface area (Å²) in [5.41, 5.74) is 3.13. The zero-order chi connectivity index (χ0) is 20.1. The van der Waals surface area contributed by atoms with E-state index in [4.69, 9.17) is 13.9 Å². The second-order valence-corrected chi connectivity index (χ2v) is 6.80. The van der Waals surface area contributed by atoms with E-state index in [1.54, 1.807) is 20.4 Å². The van der Waals surface area contributed by atoms with Crippen LogP contribution in [0.4, 0.5) is 0 Å². The fraction of sp³-hybridized carbons (Fsp3) is 0.208. The average molecular weight is 388 g/mol. The standard InChI is InChI=1S/C24H24N2O3/c1-27-21-10-9-17(14-22(21)28-2)11-13-26-24(19-7-5-12-25-16-19)23-15-18-6-3-4-8-20(18)29-23/h3-10,12,14-16,24,26H,11,13H2,1-2H3/t24-/m1/s1. The van der Waals surface area contributed by atoms with Gasteiger partial charge >= 0.3 is 0 Å². The van der Waals surface area contributed by atoms with E-state index in [2.05, 4.69) is 34.6 Å². The first-order chi connectivity index (χ1) is 14.3. The number of para-hydroxylation sites is 1. The summed E-state index contributed by atoms with van der Waals surface area (Å²) >= 11 is 0. The first-order valence-corrected chi connectivity index (χ1v) is 9.61. The number of furan rings is 1. The first kappa shape index (κ1) is 19.0. The van der Waals surface area contributed by atoms with Crippen molar-refractivity contribution in [1.82, 2.24) is 10.3 Å². The van der Waals surface area contributed by atoms with Crippen LogP contribution < -0.4 is 14.8 Å². The van der Waals surface area contributed by atoms with Gasteiger partial charge in [0.15, 0.2) is 11.5 Å². The SMILES string of the molecule is COc1ccc(CCN[C@H](c2cccnc2)c2cc3ccccc3o2)cc1OC. The summed E-state index contributed by atoms with van der Waals surface area (Å²) < 4.78 is 16.9. The molecule has 0 amide bonds. The van der Waals surface area contributed by atoms with Gasteiger partial charge < -0.3 is 19.2 Å². The Balaban J connectivity index is 1.53. The number of ether oxygens (including phenoxy) is 2. The molecule has 2 aromatic carbocycles. The Morgan fingerprint density at radius 2 is 1.83 bits per heavy atom. The van der Waals surface area contributed by atoms with E-state index in [1.807, 2.05) is 42.6 Å². The molecule has 0 aliphatic carbocycles. The molecule has 0 spiro atoms. The summed E-state index contributed by atoms with van der Waals surface area (Å²) in [5.74, 6) is 2.36. The number of hydrogen-bond donors (Lipinski definition) is 1. The first-order valence-electron chi connectivity index (χ1n) is 9.61. The van der Waals surface area contributed by atoms with Gasteiger partial charge in [0.1, 0.15) is 11.3 Å². The monoisotopic (exact) mass is 388 g/mol. The number of fused-ring (bicyclic) bond motifs is 1. The third-order valence-electron chi connectivity index (χ3n) is 4.96. The van der Waals surface area contributed by atoms with Crippen molar-refractivity contribution in [2.75, 3.05) is 20.8 Å². The lowest BCUT2D eigenvalue weighted by Gasteiger charge is -2.17. The molecule has 0 bridgehead atoms. The Morgan fingerprint density at radius 1 is 0.966 bits per heavy atom. The topological polar surface area (TPSA) is 56.5 Å². The zero-order valence-corrected chi connectivity index (χ0v) is 16.6. The van der Waals surface area contributed by atoms with E-state index < -0.39 is 0 Å². The minimum Gasteiger partial charge on any atom is -0.493 e. The van der Waals surface area contributed by atoms with Crippen LogP contribution in [0, 0.1) is 0 Å². The van der Waals surface area contributed by atoms with Crippen LogP contribution in [-0.4, -0.2) is 25.7 Å².